The molecule has 1 N–H and O–H groups in total. The largest absolute Gasteiger partial charge is 0.376 e. The van der Waals surface area contributed by atoms with Gasteiger partial charge in [0.2, 0.25) is 0 Å². The van der Waals surface area contributed by atoms with Gasteiger partial charge in [0.25, 0.3) is 5.91 Å². The number of nitrogens with one attached hydrogen (secondary N) is 1. The minimum Gasteiger partial charge on any atom is -0.376 e. The summed E-state index contributed by atoms with van der Waals surface area (Å²) in [5.41, 5.74) is 5.81. The molecule has 2 aromatic carbocycles. The van der Waals surface area contributed by atoms with Crippen LogP contribution in [-0.4, -0.2) is 25.7 Å². The lowest BCUT2D eigenvalue weighted by molar-refractivity contribution is 0.102. The Labute approximate surface area is 171 Å². The van der Waals surface area contributed by atoms with E-state index in [0.717, 1.165) is 23.4 Å². The van der Waals surface area contributed by atoms with Gasteiger partial charge in [0.15, 0.2) is 0 Å². The second-order valence-corrected chi connectivity index (χ2v) is 8.44. The quantitative estimate of drug-likeness (QED) is 0.728. The smallest absolute Gasteiger partial charge is 0.258 e. The van der Waals surface area contributed by atoms with Crippen molar-refractivity contribution in [3.63, 3.8) is 0 Å². The van der Waals surface area contributed by atoms with Crippen molar-refractivity contribution in [3.05, 3.63) is 52.8 Å². The van der Waals surface area contributed by atoms with Crippen molar-refractivity contribution in [1.29, 1.82) is 0 Å². The minimum absolute atomic E-state index is 0.0483. The fraction of sp³-hybridized carbons (Fsp3) is 0.417. The predicted molar refractivity (Wildman–Crippen MR) is 117 cm³/mol. The van der Waals surface area contributed by atoms with E-state index in [1.54, 1.807) is 13.0 Å². The van der Waals surface area contributed by atoms with Crippen molar-refractivity contribution in [3.8, 4) is 0 Å². The lowest BCUT2D eigenvalue weighted by atomic mass is 9.84. The second kappa shape index (κ2) is 7.97. The van der Waals surface area contributed by atoms with Crippen LogP contribution in [0.15, 0.2) is 35.3 Å². The van der Waals surface area contributed by atoms with E-state index < -0.39 is 11.7 Å². The van der Waals surface area contributed by atoms with Gasteiger partial charge in [0, 0.05) is 26.2 Å². The van der Waals surface area contributed by atoms with Crippen LogP contribution in [0.3, 0.4) is 0 Å². The SMILES string of the molecule is Cc1ccc(C(=O)Nc2cc3c(cc2N(C)C)CC(C2CCCCC2)=N3)c(F)c1. The molecule has 4 rings (SSSR count). The third kappa shape index (κ3) is 4.04. The number of nitrogens with zero attached hydrogens (tertiary/aromatic N) is 2. The molecule has 1 aliphatic carbocycles. The Kier molecular flexibility index (Phi) is 5.39. The number of halogens is 1. The Morgan fingerprint density at radius 2 is 1.90 bits per heavy atom. The number of rotatable bonds is 4. The van der Waals surface area contributed by atoms with Crippen LogP contribution in [0, 0.1) is 18.7 Å². The molecule has 5 heteroatoms. The first-order valence-electron chi connectivity index (χ1n) is 10.4. The van der Waals surface area contributed by atoms with Crippen LogP contribution in [0.5, 0.6) is 0 Å². The van der Waals surface area contributed by atoms with E-state index in [9.17, 15) is 9.18 Å². The number of hydrogen-bond donors (Lipinski definition) is 1. The summed E-state index contributed by atoms with van der Waals surface area (Å²) >= 11 is 0. The molecule has 1 heterocycles. The van der Waals surface area contributed by atoms with Crippen LogP contribution < -0.4 is 10.2 Å². The monoisotopic (exact) mass is 393 g/mol. The molecule has 0 atom stereocenters. The maximum Gasteiger partial charge on any atom is 0.258 e. The highest BCUT2D eigenvalue weighted by molar-refractivity contribution is 6.07. The Bertz CT molecular complexity index is 974. The van der Waals surface area contributed by atoms with E-state index in [1.807, 2.05) is 25.1 Å². The van der Waals surface area contributed by atoms with Gasteiger partial charge in [-0.15, -0.1) is 0 Å². The number of benzene rings is 2. The van der Waals surface area contributed by atoms with Crippen LogP contribution in [0.4, 0.5) is 21.5 Å². The van der Waals surface area contributed by atoms with Gasteiger partial charge >= 0.3 is 0 Å². The molecular formula is C24H28FN3O. The third-order valence-corrected chi connectivity index (χ3v) is 6.01. The van der Waals surface area contributed by atoms with Gasteiger partial charge < -0.3 is 10.2 Å². The Balaban J connectivity index is 1.63. The number of carbonyl (C=O) groups excluding carboxylic acids is 1. The van der Waals surface area contributed by atoms with Crippen LogP contribution in [0.25, 0.3) is 0 Å². The average molecular weight is 394 g/mol. The lowest BCUT2D eigenvalue weighted by Gasteiger charge is -2.21. The first-order chi connectivity index (χ1) is 13.9. The van der Waals surface area contributed by atoms with E-state index >= 15 is 0 Å². The highest BCUT2D eigenvalue weighted by Gasteiger charge is 2.26. The van der Waals surface area contributed by atoms with E-state index in [0.29, 0.717) is 11.6 Å². The van der Waals surface area contributed by atoms with E-state index in [2.05, 4.69) is 11.4 Å². The van der Waals surface area contributed by atoms with Crippen molar-refractivity contribution in [2.24, 2.45) is 10.9 Å². The van der Waals surface area contributed by atoms with Crippen molar-refractivity contribution in [2.75, 3.05) is 24.3 Å². The lowest BCUT2D eigenvalue weighted by Crippen LogP contribution is -2.18. The number of fused-ring (bicyclic) bond motifs is 1. The maximum absolute atomic E-state index is 14.2. The third-order valence-electron chi connectivity index (χ3n) is 6.01. The molecule has 29 heavy (non-hydrogen) atoms. The minimum atomic E-state index is -0.507. The molecule has 4 nitrogen and oxygen atoms in total. The predicted octanol–water partition coefficient (Wildman–Crippen LogP) is 5.66. The zero-order valence-corrected chi connectivity index (χ0v) is 17.4. The van der Waals surface area contributed by atoms with Gasteiger partial charge in [-0.3, -0.25) is 9.79 Å². The zero-order valence-electron chi connectivity index (χ0n) is 17.4. The second-order valence-electron chi connectivity index (χ2n) is 8.44. The van der Waals surface area contributed by atoms with Crippen LogP contribution >= 0.6 is 0 Å². The van der Waals surface area contributed by atoms with Gasteiger partial charge in [-0.05, 0) is 61.1 Å². The molecule has 1 amide bonds. The molecule has 1 fully saturated rings. The summed E-state index contributed by atoms with van der Waals surface area (Å²) < 4.78 is 14.2. The van der Waals surface area contributed by atoms with E-state index in [1.165, 1.54) is 55.5 Å². The van der Waals surface area contributed by atoms with E-state index in [4.69, 9.17) is 4.99 Å². The van der Waals surface area contributed by atoms with Crippen molar-refractivity contribution in [1.82, 2.24) is 0 Å². The first-order valence-corrected chi connectivity index (χ1v) is 10.4. The molecule has 0 radical (unpaired) electrons. The topological polar surface area (TPSA) is 44.7 Å². The number of anilines is 2. The van der Waals surface area contributed by atoms with Gasteiger partial charge in [-0.2, -0.15) is 0 Å². The number of aryl methyl sites for hydroxylation is 1. The molecule has 152 valence electrons. The number of amides is 1. The molecule has 1 saturated carbocycles. The molecule has 0 spiro atoms. The number of hydrogen-bond acceptors (Lipinski definition) is 3. The summed E-state index contributed by atoms with van der Waals surface area (Å²) in [5.74, 6) is -0.369. The molecule has 0 aromatic heterocycles. The summed E-state index contributed by atoms with van der Waals surface area (Å²) in [6.45, 7) is 1.80. The molecule has 0 unspecified atom stereocenters. The van der Waals surface area contributed by atoms with Crippen molar-refractivity contribution >= 4 is 28.7 Å². The van der Waals surface area contributed by atoms with Gasteiger partial charge in [-0.25, -0.2) is 4.39 Å². The highest BCUT2D eigenvalue weighted by atomic mass is 19.1. The average Bonchev–Trinajstić information content (AvgIpc) is 3.11. The Hall–Kier alpha value is -2.69. The molecule has 0 saturated heterocycles. The van der Waals surface area contributed by atoms with Crippen LogP contribution in [0.2, 0.25) is 0 Å². The van der Waals surface area contributed by atoms with Crippen molar-refractivity contribution in [2.45, 2.75) is 45.4 Å². The number of carbonyl (C=O) groups is 1. The number of aliphatic imine (C=N–C) groups is 1. The summed E-state index contributed by atoms with van der Waals surface area (Å²) in [6, 6.07) is 8.70. The summed E-state index contributed by atoms with van der Waals surface area (Å²) in [4.78, 5) is 19.6. The fourth-order valence-corrected chi connectivity index (χ4v) is 4.39. The normalized spacial score (nSPS) is 16.3. The van der Waals surface area contributed by atoms with Gasteiger partial charge in [-0.1, -0.05) is 25.3 Å². The molecule has 0 bridgehead atoms. The van der Waals surface area contributed by atoms with Crippen LogP contribution in [-0.2, 0) is 6.42 Å². The molecule has 2 aromatic rings. The summed E-state index contributed by atoms with van der Waals surface area (Å²) in [5, 5.41) is 2.90. The standard InChI is InChI=1S/C24H28FN3O/c1-15-9-10-18(19(25)11-15)24(29)27-22-14-21-17(13-23(22)28(2)3)12-20(26-21)16-7-5-4-6-8-16/h9-11,13-14,16H,4-8,12H2,1-3H3,(H,27,29). The van der Waals surface area contributed by atoms with E-state index in [-0.39, 0.29) is 5.56 Å². The summed E-state index contributed by atoms with van der Waals surface area (Å²) in [6.07, 6.45) is 7.24. The van der Waals surface area contributed by atoms with Crippen LogP contribution in [0.1, 0.15) is 53.6 Å². The Morgan fingerprint density at radius 1 is 1.14 bits per heavy atom. The molecule has 2 aliphatic rings. The van der Waals surface area contributed by atoms with Crippen molar-refractivity contribution < 1.29 is 9.18 Å². The highest BCUT2D eigenvalue weighted by Crippen LogP contribution is 2.39. The molecule has 1 aliphatic heterocycles. The Morgan fingerprint density at radius 3 is 2.59 bits per heavy atom. The fourth-order valence-electron chi connectivity index (χ4n) is 4.39. The summed E-state index contributed by atoms with van der Waals surface area (Å²) in [7, 11) is 3.89. The maximum atomic E-state index is 14.2. The molecular weight excluding hydrogens is 365 g/mol. The first kappa shape index (κ1) is 19.6. The zero-order chi connectivity index (χ0) is 20.5. The van der Waals surface area contributed by atoms with Gasteiger partial charge in [0.05, 0.1) is 22.6 Å². The van der Waals surface area contributed by atoms with Gasteiger partial charge in [0.1, 0.15) is 5.82 Å².